The Morgan fingerprint density at radius 3 is 2.09 bits per heavy atom. The maximum absolute atomic E-state index is 14.0. The van der Waals surface area contributed by atoms with Gasteiger partial charge in [-0.05, 0) is 41.2 Å². The number of carbonyl (C=O) groups is 3. The lowest BCUT2D eigenvalue weighted by Crippen LogP contribution is -2.76. The topological polar surface area (TPSA) is 85.4 Å². The molecule has 2 aliphatic rings. The summed E-state index contributed by atoms with van der Waals surface area (Å²) in [5.74, 6) is 0.514. The van der Waals surface area contributed by atoms with Crippen molar-refractivity contribution in [2.75, 3.05) is 33.8 Å². The molecule has 0 aliphatic carbocycles. The number of urea groups is 1. The predicted molar refractivity (Wildman–Crippen MR) is 165 cm³/mol. The highest BCUT2D eigenvalue weighted by Gasteiger charge is 2.51. The predicted octanol–water partition coefficient (Wildman–Crippen LogP) is 4.31. The molecule has 3 aromatic rings. The van der Waals surface area contributed by atoms with Crippen molar-refractivity contribution in [1.29, 1.82) is 0 Å². The SMILES string of the molecule is COc1ccc(CNC(=O)N2[C@H]3CN(CCC(c4ccccc4)c4ccccc4)C(=O)[C@H](C(C)C)N3C(=O)CN2C)cc1. The largest absolute Gasteiger partial charge is 0.497 e. The van der Waals surface area contributed by atoms with E-state index in [0.717, 1.165) is 11.3 Å². The third-order valence-electron chi connectivity index (χ3n) is 8.41. The highest BCUT2D eigenvalue weighted by atomic mass is 16.5. The summed E-state index contributed by atoms with van der Waals surface area (Å²) >= 11 is 0. The number of methoxy groups -OCH3 is 1. The van der Waals surface area contributed by atoms with Gasteiger partial charge in [0.05, 0.1) is 20.2 Å². The molecule has 2 fully saturated rings. The quantitative estimate of drug-likeness (QED) is 0.406. The molecule has 3 aromatic carbocycles. The van der Waals surface area contributed by atoms with Gasteiger partial charge in [-0.1, -0.05) is 86.6 Å². The van der Waals surface area contributed by atoms with E-state index in [-0.39, 0.29) is 42.8 Å². The van der Waals surface area contributed by atoms with Crippen LogP contribution in [0.4, 0.5) is 4.79 Å². The second-order valence-corrected chi connectivity index (χ2v) is 11.6. The minimum absolute atomic E-state index is 0.0209. The summed E-state index contributed by atoms with van der Waals surface area (Å²) in [5.41, 5.74) is 3.30. The van der Waals surface area contributed by atoms with Crippen LogP contribution in [0.25, 0.3) is 0 Å². The molecule has 226 valence electrons. The van der Waals surface area contributed by atoms with Gasteiger partial charge in [-0.2, -0.15) is 0 Å². The van der Waals surface area contributed by atoms with Crippen LogP contribution in [0.1, 0.15) is 42.9 Å². The Bertz CT molecular complexity index is 1360. The third-order valence-corrected chi connectivity index (χ3v) is 8.41. The number of ether oxygens (including phenoxy) is 1. The number of carbonyl (C=O) groups excluding carboxylic acids is 3. The monoisotopic (exact) mass is 583 g/mol. The van der Waals surface area contributed by atoms with Gasteiger partial charge in [0.15, 0.2) is 0 Å². The fraction of sp³-hybridized carbons (Fsp3) is 0.382. The summed E-state index contributed by atoms with van der Waals surface area (Å²) < 4.78 is 5.23. The van der Waals surface area contributed by atoms with E-state index < -0.39 is 12.2 Å². The summed E-state index contributed by atoms with van der Waals surface area (Å²) in [6.45, 7) is 5.00. The fourth-order valence-corrected chi connectivity index (χ4v) is 6.25. The van der Waals surface area contributed by atoms with Gasteiger partial charge >= 0.3 is 6.03 Å². The fourth-order valence-electron chi connectivity index (χ4n) is 6.25. The standard InChI is InChI=1S/C34H41N5O4/c1-24(2)32-33(41)37(20-19-29(26-11-7-5-8-12-26)27-13-9-6-10-14-27)22-30-38(32)31(40)23-36(3)39(30)34(42)35-21-25-15-17-28(43-4)18-16-25/h5-18,24,29-30,32H,19-23H2,1-4H3,(H,35,42)/t30-,32-/m0/s1. The molecule has 1 N–H and O–H groups in total. The first-order valence-electron chi connectivity index (χ1n) is 14.9. The number of piperazine rings is 1. The Kier molecular flexibility index (Phi) is 9.31. The Balaban J connectivity index is 1.38. The molecular formula is C34H41N5O4. The van der Waals surface area contributed by atoms with Gasteiger partial charge < -0.3 is 19.9 Å². The van der Waals surface area contributed by atoms with Crippen LogP contribution in [0.5, 0.6) is 5.75 Å². The normalized spacial score (nSPS) is 19.2. The molecule has 0 unspecified atom stereocenters. The van der Waals surface area contributed by atoms with Crippen LogP contribution in [-0.2, 0) is 16.1 Å². The highest BCUT2D eigenvalue weighted by Crippen LogP contribution is 2.32. The van der Waals surface area contributed by atoms with Crippen LogP contribution >= 0.6 is 0 Å². The van der Waals surface area contributed by atoms with Crippen molar-refractivity contribution in [3.63, 3.8) is 0 Å². The van der Waals surface area contributed by atoms with E-state index in [1.54, 1.807) is 29.1 Å². The zero-order chi connectivity index (χ0) is 30.5. The molecule has 9 nitrogen and oxygen atoms in total. The molecular weight excluding hydrogens is 542 g/mol. The summed E-state index contributed by atoms with van der Waals surface area (Å²) in [6.07, 6.45) is 0.101. The number of rotatable bonds is 9. The van der Waals surface area contributed by atoms with Crippen LogP contribution in [0.2, 0.25) is 0 Å². The number of nitrogens with one attached hydrogen (secondary N) is 1. The third kappa shape index (κ3) is 6.51. The van der Waals surface area contributed by atoms with E-state index in [4.69, 9.17) is 4.74 Å². The van der Waals surface area contributed by atoms with Crippen molar-refractivity contribution in [3.8, 4) is 5.75 Å². The molecule has 0 bridgehead atoms. The Labute approximate surface area is 254 Å². The van der Waals surface area contributed by atoms with Crippen molar-refractivity contribution < 1.29 is 19.1 Å². The van der Waals surface area contributed by atoms with Gasteiger partial charge in [-0.15, -0.1) is 0 Å². The molecule has 2 heterocycles. The molecule has 2 aliphatic heterocycles. The molecule has 0 saturated carbocycles. The molecule has 0 radical (unpaired) electrons. The van der Waals surface area contributed by atoms with Gasteiger partial charge in [0, 0.05) is 26.1 Å². The van der Waals surface area contributed by atoms with Crippen LogP contribution in [0, 0.1) is 5.92 Å². The van der Waals surface area contributed by atoms with Gasteiger partial charge in [-0.25, -0.2) is 14.8 Å². The highest BCUT2D eigenvalue weighted by molar-refractivity contribution is 5.91. The summed E-state index contributed by atoms with van der Waals surface area (Å²) in [7, 11) is 3.36. The first-order chi connectivity index (χ1) is 20.8. The number of hydrogen-bond acceptors (Lipinski definition) is 5. The van der Waals surface area contributed by atoms with E-state index in [2.05, 4.69) is 29.6 Å². The van der Waals surface area contributed by atoms with E-state index in [1.807, 2.05) is 79.4 Å². The van der Waals surface area contributed by atoms with E-state index in [1.165, 1.54) is 11.1 Å². The zero-order valence-electron chi connectivity index (χ0n) is 25.3. The Morgan fingerprint density at radius 2 is 1.53 bits per heavy atom. The second-order valence-electron chi connectivity index (χ2n) is 11.6. The lowest BCUT2D eigenvalue weighted by Gasteiger charge is -2.55. The van der Waals surface area contributed by atoms with Crippen LogP contribution in [-0.4, -0.2) is 83.7 Å². The number of fused-ring (bicyclic) bond motifs is 1. The molecule has 9 heteroatoms. The van der Waals surface area contributed by atoms with E-state index in [0.29, 0.717) is 19.5 Å². The molecule has 43 heavy (non-hydrogen) atoms. The number of nitrogens with zero attached hydrogens (tertiary/aromatic N) is 4. The van der Waals surface area contributed by atoms with Crippen LogP contribution in [0.3, 0.4) is 0 Å². The van der Waals surface area contributed by atoms with Gasteiger partial charge in [-0.3, -0.25) is 9.59 Å². The van der Waals surface area contributed by atoms with Crippen molar-refractivity contribution in [1.82, 2.24) is 25.1 Å². The second kappa shape index (κ2) is 13.3. The number of amides is 4. The lowest BCUT2D eigenvalue weighted by atomic mass is 9.88. The number of hydrogen-bond donors (Lipinski definition) is 1. The van der Waals surface area contributed by atoms with Gasteiger partial charge in [0.1, 0.15) is 18.0 Å². The number of hydrazine groups is 1. The summed E-state index contributed by atoms with van der Waals surface area (Å²) in [5, 5.41) is 6.28. The zero-order valence-corrected chi connectivity index (χ0v) is 25.3. The molecule has 4 amide bonds. The minimum atomic E-state index is -0.649. The maximum atomic E-state index is 14.0. The average Bonchev–Trinajstić information content (AvgIpc) is 3.01. The van der Waals surface area contributed by atoms with Crippen molar-refractivity contribution in [2.24, 2.45) is 5.92 Å². The summed E-state index contributed by atoms with van der Waals surface area (Å²) in [4.78, 5) is 44.5. The van der Waals surface area contributed by atoms with Crippen LogP contribution < -0.4 is 10.1 Å². The smallest absolute Gasteiger partial charge is 0.334 e. The van der Waals surface area contributed by atoms with E-state index in [9.17, 15) is 14.4 Å². The number of benzene rings is 3. The molecule has 5 rings (SSSR count). The van der Waals surface area contributed by atoms with Crippen molar-refractivity contribution in [2.45, 2.75) is 44.9 Å². The number of likely N-dealkylation sites (N-methyl/N-ethyl adjacent to an activating group) is 1. The molecule has 0 spiro atoms. The van der Waals surface area contributed by atoms with Gasteiger partial charge in [0.2, 0.25) is 11.8 Å². The average molecular weight is 584 g/mol. The molecule has 2 saturated heterocycles. The Hall–Kier alpha value is -4.37. The first kappa shape index (κ1) is 30.1. The lowest BCUT2D eigenvalue weighted by molar-refractivity contribution is -0.189. The van der Waals surface area contributed by atoms with Crippen LogP contribution in [0.15, 0.2) is 84.9 Å². The maximum Gasteiger partial charge on any atom is 0.334 e. The van der Waals surface area contributed by atoms with Crippen molar-refractivity contribution >= 4 is 17.8 Å². The molecule has 2 atom stereocenters. The minimum Gasteiger partial charge on any atom is -0.497 e. The first-order valence-corrected chi connectivity index (χ1v) is 14.9. The molecule has 0 aromatic heterocycles. The van der Waals surface area contributed by atoms with Crippen molar-refractivity contribution in [3.05, 3.63) is 102 Å². The summed E-state index contributed by atoms with van der Waals surface area (Å²) in [6, 6.07) is 27.2. The van der Waals surface area contributed by atoms with E-state index >= 15 is 0 Å². The Morgan fingerprint density at radius 1 is 0.930 bits per heavy atom. The van der Waals surface area contributed by atoms with Gasteiger partial charge in [0.25, 0.3) is 0 Å².